The number of aromatic nitrogens is 3. The Morgan fingerprint density at radius 2 is 2.00 bits per heavy atom. The van der Waals surface area contributed by atoms with Crippen molar-refractivity contribution in [1.29, 1.82) is 5.26 Å². The molecule has 1 aromatic carbocycles. The Hall–Kier alpha value is -3.02. The summed E-state index contributed by atoms with van der Waals surface area (Å²) in [5, 5.41) is 16.8. The van der Waals surface area contributed by atoms with Gasteiger partial charge < -0.3 is 15.4 Å². The average Bonchev–Trinajstić information content (AvgIpc) is 3.16. The molecule has 0 aliphatic rings. The molecule has 3 aromatic rings. The second-order valence-electron chi connectivity index (χ2n) is 6.37. The number of hydrogen-bond donors (Lipinski definition) is 2. The van der Waals surface area contributed by atoms with Crippen LogP contribution in [0.1, 0.15) is 19.4 Å². The van der Waals surface area contributed by atoms with Crippen molar-refractivity contribution in [3.8, 4) is 27.9 Å². The van der Waals surface area contributed by atoms with Gasteiger partial charge in [-0.05, 0) is 26.0 Å². The first kappa shape index (κ1) is 19.7. The molecule has 3 rings (SSSR count). The number of benzene rings is 1. The molecule has 0 fully saturated rings. The minimum Gasteiger partial charge on any atom is -0.383 e. The molecule has 0 aliphatic carbocycles. The van der Waals surface area contributed by atoms with E-state index >= 15 is 0 Å². The predicted molar refractivity (Wildman–Crippen MR) is 112 cm³/mol. The minimum absolute atomic E-state index is 0.300. The molecule has 2 heterocycles. The van der Waals surface area contributed by atoms with Gasteiger partial charge in [0.05, 0.1) is 34.5 Å². The highest BCUT2D eigenvalue weighted by Crippen LogP contribution is 2.32. The number of nitriles is 1. The Morgan fingerprint density at radius 1 is 1.21 bits per heavy atom. The average molecular weight is 395 g/mol. The summed E-state index contributed by atoms with van der Waals surface area (Å²) in [7, 11) is 1.65. The maximum atomic E-state index is 9.45. The fourth-order valence-electron chi connectivity index (χ4n) is 2.57. The lowest BCUT2D eigenvalue weighted by molar-refractivity contribution is 0.210. The van der Waals surface area contributed by atoms with Crippen molar-refractivity contribution in [2.75, 3.05) is 30.9 Å². The van der Waals surface area contributed by atoms with E-state index in [4.69, 9.17) is 4.74 Å². The zero-order valence-electron chi connectivity index (χ0n) is 16.1. The molecule has 0 aliphatic heterocycles. The number of nitrogens with zero attached hydrogens (tertiary/aromatic N) is 4. The zero-order valence-corrected chi connectivity index (χ0v) is 16.9. The van der Waals surface area contributed by atoms with Crippen LogP contribution in [-0.4, -0.2) is 41.3 Å². The highest BCUT2D eigenvalue weighted by molar-refractivity contribution is 7.18. The summed E-state index contributed by atoms with van der Waals surface area (Å²) in [5.74, 6) is 0.490. The van der Waals surface area contributed by atoms with Crippen LogP contribution >= 0.6 is 11.3 Å². The maximum absolute atomic E-state index is 9.45. The molecule has 0 saturated carbocycles. The molecule has 28 heavy (non-hydrogen) atoms. The fourth-order valence-corrected chi connectivity index (χ4v) is 3.49. The zero-order chi connectivity index (χ0) is 19.9. The number of anilines is 2. The van der Waals surface area contributed by atoms with E-state index in [1.165, 1.54) is 11.3 Å². The van der Waals surface area contributed by atoms with E-state index in [2.05, 4.69) is 45.5 Å². The van der Waals surface area contributed by atoms with Crippen molar-refractivity contribution in [3.63, 3.8) is 0 Å². The van der Waals surface area contributed by atoms with Gasteiger partial charge in [-0.25, -0.2) is 15.0 Å². The van der Waals surface area contributed by atoms with Gasteiger partial charge >= 0.3 is 0 Å². The summed E-state index contributed by atoms with van der Waals surface area (Å²) in [5.41, 5.74) is 2.79. The first-order valence-corrected chi connectivity index (χ1v) is 9.76. The van der Waals surface area contributed by atoms with E-state index in [1.807, 2.05) is 24.3 Å². The molecule has 8 heteroatoms. The predicted octanol–water partition coefficient (Wildman–Crippen LogP) is 4.02. The highest BCUT2D eigenvalue weighted by Gasteiger charge is 2.13. The van der Waals surface area contributed by atoms with Gasteiger partial charge in [0.15, 0.2) is 5.13 Å². The van der Waals surface area contributed by atoms with Crippen LogP contribution in [0.5, 0.6) is 0 Å². The number of thiazole rings is 1. The molecule has 144 valence electrons. The Morgan fingerprint density at radius 3 is 2.75 bits per heavy atom. The monoisotopic (exact) mass is 394 g/mol. The Balaban J connectivity index is 2.03. The molecule has 2 aromatic heterocycles. The highest BCUT2D eigenvalue weighted by atomic mass is 32.1. The van der Waals surface area contributed by atoms with Crippen LogP contribution in [0.15, 0.2) is 36.5 Å². The minimum atomic E-state index is 0.300. The largest absolute Gasteiger partial charge is 0.383 e. The molecule has 0 radical (unpaired) electrons. The normalized spacial score (nSPS) is 10.7. The van der Waals surface area contributed by atoms with Crippen molar-refractivity contribution in [1.82, 2.24) is 15.0 Å². The molecule has 0 spiro atoms. The lowest BCUT2D eigenvalue weighted by Gasteiger charge is -2.10. The van der Waals surface area contributed by atoms with Gasteiger partial charge in [-0.2, -0.15) is 5.26 Å². The molecular formula is C20H22N6OS. The van der Waals surface area contributed by atoms with E-state index < -0.39 is 0 Å². The summed E-state index contributed by atoms with van der Waals surface area (Å²) in [6.45, 7) is 5.27. The van der Waals surface area contributed by atoms with Gasteiger partial charge in [-0.1, -0.05) is 29.5 Å². The van der Waals surface area contributed by atoms with E-state index in [0.717, 1.165) is 21.3 Å². The molecule has 0 amide bonds. The number of ether oxygens (including phenoxy) is 1. The standard InChI is InChI=1S/C20H22N6OS/c1-13(2)24-20-23-12-18(28-20)17-10-16(15-7-5-4-6-14(15)11-21)25-19(26-17)22-8-9-27-3/h4-7,10,12-13H,8-9H2,1-3H3,(H,23,24)(H,22,25,26). The van der Waals surface area contributed by atoms with Crippen molar-refractivity contribution in [2.45, 2.75) is 19.9 Å². The van der Waals surface area contributed by atoms with E-state index in [9.17, 15) is 5.26 Å². The van der Waals surface area contributed by atoms with Crippen LogP contribution < -0.4 is 10.6 Å². The molecular weight excluding hydrogens is 372 g/mol. The van der Waals surface area contributed by atoms with Crippen LogP contribution in [0.2, 0.25) is 0 Å². The lowest BCUT2D eigenvalue weighted by atomic mass is 10.0. The Bertz CT molecular complexity index is 979. The van der Waals surface area contributed by atoms with Crippen molar-refractivity contribution < 1.29 is 4.74 Å². The van der Waals surface area contributed by atoms with Crippen molar-refractivity contribution in [3.05, 3.63) is 42.1 Å². The molecule has 0 unspecified atom stereocenters. The summed E-state index contributed by atoms with van der Waals surface area (Å²) >= 11 is 1.54. The van der Waals surface area contributed by atoms with Gasteiger partial charge in [0.2, 0.25) is 5.95 Å². The number of methoxy groups -OCH3 is 1. The van der Waals surface area contributed by atoms with Crippen LogP contribution in [0.4, 0.5) is 11.1 Å². The van der Waals surface area contributed by atoms with Crippen molar-refractivity contribution in [2.24, 2.45) is 0 Å². The molecule has 0 saturated heterocycles. The van der Waals surface area contributed by atoms with Crippen LogP contribution in [-0.2, 0) is 4.74 Å². The Labute approximate surface area is 168 Å². The van der Waals surface area contributed by atoms with E-state index in [-0.39, 0.29) is 0 Å². The quantitative estimate of drug-likeness (QED) is 0.557. The van der Waals surface area contributed by atoms with Gasteiger partial charge in [0, 0.05) is 31.5 Å². The third-order valence-electron chi connectivity index (χ3n) is 3.81. The molecule has 7 nitrogen and oxygen atoms in total. The van der Waals surface area contributed by atoms with Gasteiger partial charge in [-0.3, -0.25) is 0 Å². The number of rotatable bonds is 8. The van der Waals surface area contributed by atoms with Gasteiger partial charge in [0.25, 0.3) is 0 Å². The van der Waals surface area contributed by atoms with Crippen LogP contribution in [0.25, 0.3) is 21.8 Å². The third kappa shape index (κ3) is 4.82. The SMILES string of the molecule is COCCNc1nc(-c2cnc(NC(C)C)s2)cc(-c2ccccc2C#N)n1. The molecule has 0 atom stereocenters. The van der Waals surface area contributed by atoms with Gasteiger partial charge in [-0.15, -0.1) is 0 Å². The van der Waals surface area contributed by atoms with Crippen LogP contribution in [0.3, 0.4) is 0 Å². The third-order valence-corrected chi connectivity index (χ3v) is 4.76. The van der Waals surface area contributed by atoms with Crippen LogP contribution in [0, 0.1) is 11.3 Å². The number of hydrogen-bond acceptors (Lipinski definition) is 8. The first-order valence-electron chi connectivity index (χ1n) is 8.95. The van der Waals surface area contributed by atoms with Gasteiger partial charge in [0.1, 0.15) is 0 Å². The molecule has 2 N–H and O–H groups in total. The van der Waals surface area contributed by atoms with Crippen molar-refractivity contribution >= 4 is 22.4 Å². The topological polar surface area (TPSA) is 95.8 Å². The smallest absolute Gasteiger partial charge is 0.223 e. The summed E-state index contributed by atoms with van der Waals surface area (Å²) < 4.78 is 5.09. The van der Waals surface area contributed by atoms with E-state index in [1.54, 1.807) is 19.4 Å². The summed E-state index contributed by atoms with van der Waals surface area (Å²) in [4.78, 5) is 14.6. The lowest BCUT2D eigenvalue weighted by Crippen LogP contribution is -2.11. The second kappa shape index (κ2) is 9.26. The summed E-state index contributed by atoms with van der Waals surface area (Å²) in [6.07, 6.45) is 1.80. The fraction of sp³-hybridized carbons (Fsp3) is 0.300. The van der Waals surface area contributed by atoms with E-state index in [0.29, 0.717) is 36.4 Å². The first-order chi connectivity index (χ1) is 13.6. The number of nitrogens with one attached hydrogen (secondary N) is 2. The summed E-state index contributed by atoms with van der Waals surface area (Å²) in [6, 6.07) is 11.8. The maximum Gasteiger partial charge on any atom is 0.223 e. The Kier molecular flexibility index (Phi) is 6.53. The molecule has 0 bridgehead atoms. The second-order valence-corrected chi connectivity index (χ2v) is 7.40.